The molecule has 1 saturated heterocycles. The number of allylic oxidation sites excluding steroid dienone is 2. The summed E-state index contributed by atoms with van der Waals surface area (Å²) in [5, 5.41) is 13.6. The highest BCUT2D eigenvalue weighted by atomic mass is 19.1. The third-order valence-electron chi connectivity index (χ3n) is 6.36. The first-order chi connectivity index (χ1) is 15.6. The number of anilines is 2. The summed E-state index contributed by atoms with van der Waals surface area (Å²) in [6.45, 7) is 2.33. The van der Waals surface area contributed by atoms with Gasteiger partial charge in [0, 0.05) is 38.1 Å². The Morgan fingerprint density at radius 1 is 1.25 bits per heavy atom. The van der Waals surface area contributed by atoms with Gasteiger partial charge in [0.25, 0.3) is 5.91 Å². The second-order valence-corrected chi connectivity index (χ2v) is 8.42. The van der Waals surface area contributed by atoms with E-state index in [1.165, 1.54) is 6.20 Å². The number of hydrogen-bond donors (Lipinski definition) is 3. The first kappa shape index (κ1) is 20.7. The van der Waals surface area contributed by atoms with Gasteiger partial charge in [-0.25, -0.2) is 9.37 Å². The van der Waals surface area contributed by atoms with Crippen molar-refractivity contribution in [2.75, 3.05) is 37.4 Å². The third-order valence-corrected chi connectivity index (χ3v) is 6.36. The molecule has 2 fully saturated rings. The summed E-state index contributed by atoms with van der Waals surface area (Å²) < 4.78 is 20.7. The molecule has 1 saturated carbocycles. The van der Waals surface area contributed by atoms with Crippen molar-refractivity contribution in [3.8, 4) is 0 Å². The van der Waals surface area contributed by atoms with E-state index < -0.39 is 12.2 Å². The van der Waals surface area contributed by atoms with Crippen molar-refractivity contribution in [2.45, 2.75) is 43.9 Å². The maximum atomic E-state index is 13.6. The Labute approximate surface area is 185 Å². The van der Waals surface area contributed by atoms with E-state index in [4.69, 9.17) is 4.74 Å². The Kier molecular flexibility index (Phi) is 5.69. The number of aromatic nitrogens is 3. The summed E-state index contributed by atoms with van der Waals surface area (Å²) >= 11 is 0. The number of halogens is 1. The van der Waals surface area contributed by atoms with Gasteiger partial charge in [-0.1, -0.05) is 0 Å². The van der Waals surface area contributed by atoms with Crippen LogP contribution in [0.15, 0.2) is 36.3 Å². The molecule has 170 valence electrons. The monoisotopic (exact) mass is 441 g/mol. The highest BCUT2D eigenvalue weighted by molar-refractivity contribution is 6.00. The lowest BCUT2D eigenvalue weighted by molar-refractivity contribution is 0.0515. The van der Waals surface area contributed by atoms with Gasteiger partial charge in [0.1, 0.15) is 23.4 Å². The molecule has 32 heavy (non-hydrogen) atoms. The van der Waals surface area contributed by atoms with Crippen molar-refractivity contribution in [3.05, 3.63) is 41.9 Å². The van der Waals surface area contributed by atoms with Crippen molar-refractivity contribution in [1.82, 2.24) is 24.8 Å². The van der Waals surface area contributed by atoms with Crippen molar-refractivity contribution >= 4 is 23.2 Å². The standard InChI is InChI=1S/C22H28FN7O2/c1-24-20-11-19(26-14-3-2-8-29(13-14)15-6-9-32-10-7-15)28-21-16(12-25-30(20)21)22(31)27-18-5-4-17(18)23/h2-3,8,11-12,15,17-18,24H,4-7,9-10,13H2,1H3,(H,26,28)(H,27,31)/t17-,18+/m1/s1. The second kappa shape index (κ2) is 8.78. The molecule has 10 heteroatoms. The zero-order valence-electron chi connectivity index (χ0n) is 18.1. The number of carbonyl (C=O) groups excluding carboxylic acids is 1. The fourth-order valence-corrected chi connectivity index (χ4v) is 4.32. The zero-order valence-corrected chi connectivity index (χ0v) is 18.1. The molecule has 4 heterocycles. The third kappa shape index (κ3) is 4.02. The molecular formula is C22H28FN7O2. The number of amides is 1. The maximum absolute atomic E-state index is 13.6. The van der Waals surface area contributed by atoms with Crippen LogP contribution in [0.3, 0.4) is 0 Å². The largest absolute Gasteiger partial charge is 0.381 e. The van der Waals surface area contributed by atoms with Crippen LogP contribution in [-0.2, 0) is 4.74 Å². The highest BCUT2D eigenvalue weighted by Crippen LogP contribution is 2.25. The second-order valence-electron chi connectivity index (χ2n) is 8.42. The predicted octanol–water partition coefficient (Wildman–Crippen LogP) is 2.31. The van der Waals surface area contributed by atoms with Crippen molar-refractivity contribution in [3.63, 3.8) is 0 Å². The van der Waals surface area contributed by atoms with Gasteiger partial charge in [-0.2, -0.15) is 9.61 Å². The quantitative estimate of drug-likeness (QED) is 0.633. The molecule has 2 aromatic heterocycles. The SMILES string of the molecule is CNc1cc(NC2=CC=CN(C3CCOCC3)C2)nc2c(C(=O)N[C@H]3CC[C@H]3F)cnn12. The fraction of sp³-hybridized carbons (Fsp3) is 0.500. The average molecular weight is 442 g/mol. The van der Waals surface area contributed by atoms with Crippen LogP contribution in [-0.4, -0.2) is 70.5 Å². The topological polar surface area (TPSA) is 95.8 Å². The van der Waals surface area contributed by atoms with E-state index in [1.807, 2.05) is 18.2 Å². The van der Waals surface area contributed by atoms with Gasteiger partial charge in [0.2, 0.25) is 0 Å². The van der Waals surface area contributed by atoms with Crippen molar-refractivity contribution in [1.29, 1.82) is 0 Å². The molecular weight excluding hydrogens is 413 g/mol. The lowest BCUT2D eigenvalue weighted by Gasteiger charge is -2.35. The summed E-state index contributed by atoms with van der Waals surface area (Å²) in [5.41, 5.74) is 1.75. The molecule has 1 amide bonds. The van der Waals surface area contributed by atoms with Gasteiger partial charge in [-0.15, -0.1) is 0 Å². The van der Waals surface area contributed by atoms with E-state index in [1.54, 1.807) is 11.6 Å². The molecule has 2 atom stereocenters. The Balaban J connectivity index is 1.36. The van der Waals surface area contributed by atoms with E-state index in [9.17, 15) is 9.18 Å². The van der Waals surface area contributed by atoms with Crippen LogP contribution in [0.25, 0.3) is 5.65 Å². The molecule has 0 unspecified atom stereocenters. The minimum atomic E-state index is -0.983. The maximum Gasteiger partial charge on any atom is 0.257 e. The highest BCUT2D eigenvalue weighted by Gasteiger charge is 2.33. The van der Waals surface area contributed by atoms with E-state index in [2.05, 4.69) is 37.1 Å². The number of ether oxygens (including phenoxy) is 1. The minimum Gasteiger partial charge on any atom is -0.381 e. The number of carbonyl (C=O) groups is 1. The molecule has 1 aliphatic carbocycles. The molecule has 5 rings (SSSR count). The summed E-state index contributed by atoms with van der Waals surface area (Å²) in [5.74, 6) is 0.943. The number of alkyl halides is 1. The minimum absolute atomic E-state index is 0.325. The molecule has 2 aliphatic heterocycles. The molecule has 3 aliphatic rings. The molecule has 0 spiro atoms. The lowest BCUT2D eigenvalue weighted by atomic mass is 9.90. The lowest BCUT2D eigenvalue weighted by Crippen LogP contribution is -2.48. The number of nitrogens with one attached hydrogen (secondary N) is 3. The zero-order chi connectivity index (χ0) is 22.1. The first-order valence-corrected chi connectivity index (χ1v) is 11.1. The van der Waals surface area contributed by atoms with E-state index in [-0.39, 0.29) is 5.91 Å². The molecule has 0 aromatic carbocycles. The summed E-state index contributed by atoms with van der Waals surface area (Å²) in [7, 11) is 1.79. The van der Waals surface area contributed by atoms with Gasteiger partial charge in [-0.05, 0) is 44.0 Å². The Morgan fingerprint density at radius 3 is 2.81 bits per heavy atom. The first-order valence-electron chi connectivity index (χ1n) is 11.1. The van der Waals surface area contributed by atoms with E-state index in [0.717, 1.165) is 38.3 Å². The van der Waals surface area contributed by atoms with Crippen LogP contribution in [0.4, 0.5) is 16.0 Å². The normalized spacial score (nSPS) is 23.6. The smallest absolute Gasteiger partial charge is 0.257 e. The molecule has 3 N–H and O–H groups in total. The summed E-state index contributed by atoms with van der Waals surface area (Å²) in [4.78, 5) is 19.7. The average Bonchev–Trinajstić information content (AvgIpc) is 3.26. The molecule has 0 radical (unpaired) electrons. The Bertz CT molecular complexity index is 1060. The number of nitrogens with zero attached hydrogens (tertiary/aromatic N) is 4. The van der Waals surface area contributed by atoms with Gasteiger partial charge >= 0.3 is 0 Å². The van der Waals surface area contributed by atoms with Crippen LogP contribution in [0.1, 0.15) is 36.0 Å². The van der Waals surface area contributed by atoms with Crippen LogP contribution in [0, 0.1) is 0 Å². The van der Waals surface area contributed by atoms with Crippen LogP contribution in [0.2, 0.25) is 0 Å². The van der Waals surface area contributed by atoms with Crippen molar-refractivity contribution < 1.29 is 13.9 Å². The Hall–Kier alpha value is -3.14. The predicted molar refractivity (Wildman–Crippen MR) is 119 cm³/mol. The van der Waals surface area contributed by atoms with Crippen LogP contribution in [0.5, 0.6) is 0 Å². The Morgan fingerprint density at radius 2 is 2.09 bits per heavy atom. The van der Waals surface area contributed by atoms with Gasteiger partial charge in [0.15, 0.2) is 5.65 Å². The fourth-order valence-electron chi connectivity index (χ4n) is 4.32. The van der Waals surface area contributed by atoms with Crippen LogP contribution >= 0.6 is 0 Å². The van der Waals surface area contributed by atoms with Gasteiger partial charge < -0.3 is 25.6 Å². The summed E-state index contributed by atoms with van der Waals surface area (Å²) in [6, 6.07) is 1.88. The molecule has 0 bridgehead atoms. The van der Waals surface area contributed by atoms with Gasteiger partial charge in [-0.3, -0.25) is 4.79 Å². The number of fused-ring (bicyclic) bond motifs is 1. The van der Waals surface area contributed by atoms with E-state index >= 15 is 0 Å². The molecule has 9 nitrogen and oxygen atoms in total. The number of rotatable bonds is 6. The number of hydrogen-bond acceptors (Lipinski definition) is 7. The van der Waals surface area contributed by atoms with Crippen LogP contribution < -0.4 is 16.0 Å². The molecule has 2 aromatic rings. The van der Waals surface area contributed by atoms with Crippen molar-refractivity contribution in [2.24, 2.45) is 0 Å². The van der Waals surface area contributed by atoms with Gasteiger partial charge in [0.05, 0.1) is 18.8 Å². The van der Waals surface area contributed by atoms with E-state index in [0.29, 0.717) is 41.7 Å². The summed E-state index contributed by atoms with van der Waals surface area (Å²) in [6.07, 6.45) is 9.85.